The van der Waals surface area contributed by atoms with E-state index in [2.05, 4.69) is 5.32 Å². The Morgan fingerprint density at radius 2 is 1.80 bits per heavy atom. The summed E-state index contributed by atoms with van der Waals surface area (Å²) < 4.78 is 0. The standard InChI is InChI=1S/C16H21NO2S/c1-11(18)13-7-9-14(10-8-13)17-16(19)12(2)20-15-5-3-4-6-15/h7-10,12,15H,3-6H2,1-2H3,(H,17,19)/t12-/m0/s1. The van der Waals surface area contributed by atoms with Crippen LogP contribution in [0.4, 0.5) is 5.69 Å². The lowest BCUT2D eigenvalue weighted by Gasteiger charge is -2.16. The van der Waals surface area contributed by atoms with Gasteiger partial charge in [0.2, 0.25) is 5.91 Å². The van der Waals surface area contributed by atoms with Crippen LogP contribution in [0.15, 0.2) is 24.3 Å². The molecule has 1 atom stereocenters. The van der Waals surface area contributed by atoms with Crippen LogP contribution in [0.5, 0.6) is 0 Å². The van der Waals surface area contributed by atoms with Gasteiger partial charge >= 0.3 is 0 Å². The first-order chi connectivity index (χ1) is 9.56. The Hall–Kier alpha value is -1.29. The molecule has 1 aliphatic carbocycles. The molecule has 0 spiro atoms. The van der Waals surface area contributed by atoms with Crippen molar-refractivity contribution in [3.8, 4) is 0 Å². The maximum absolute atomic E-state index is 12.1. The van der Waals surface area contributed by atoms with E-state index in [9.17, 15) is 9.59 Å². The van der Waals surface area contributed by atoms with Gasteiger partial charge in [0.05, 0.1) is 5.25 Å². The van der Waals surface area contributed by atoms with Crippen LogP contribution < -0.4 is 5.32 Å². The van der Waals surface area contributed by atoms with Gasteiger partial charge in [0, 0.05) is 16.5 Å². The zero-order chi connectivity index (χ0) is 14.5. The molecule has 0 aromatic heterocycles. The number of Topliss-reactive ketones (excluding diaryl/α,β-unsaturated/α-hetero) is 1. The van der Waals surface area contributed by atoms with E-state index in [1.54, 1.807) is 36.0 Å². The third-order valence-corrected chi connectivity index (χ3v) is 5.11. The zero-order valence-electron chi connectivity index (χ0n) is 12.0. The fourth-order valence-corrected chi connectivity index (χ4v) is 3.77. The SMILES string of the molecule is CC(=O)c1ccc(NC(=O)[C@H](C)SC2CCCC2)cc1. The van der Waals surface area contributed by atoms with Crippen molar-refractivity contribution < 1.29 is 9.59 Å². The summed E-state index contributed by atoms with van der Waals surface area (Å²) in [6, 6.07) is 7.04. The number of nitrogens with one attached hydrogen (secondary N) is 1. The van der Waals surface area contributed by atoms with Crippen LogP contribution in [0.3, 0.4) is 0 Å². The topological polar surface area (TPSA) is 46.2 Å². The third kappa shape index (κ3) is 4.10. The summed E-state index contributed by atoms with van der Waals surface area (Å²) in [6.45, 7) is 3.50. The fourth-order valence-electron chi connectivity index (χ4n) is 2.41. The fraction of sp³-hybridized carbons (Fsp3) is 0.500. The molecule has 3 nitrogen and oxygen atoms in total. The molecule has 0 aliphatic heterocycles. The summed E-state index contributed by atoms with van der Waals surface area (Å²) in [5.41, 5.74) is 1.41. The number of thioether (sulfide) groups is 1. The van der Waals surface area contributed by atoms with Crippen LogP contribution >= 0.6 is 11.8 Å². The van der Waals surface area contributed by atoms with Crippen LogP contribution in [0.1, 0.15) is 49.9 Å². The summed E-state index contributed by atoms with van der Waals surface area (Å²) in [6.07, 6.45) is 5.04. The van der Waals surface area contributed by atoms with Gasteiger partial charge in [-0.05, 0) is 51.0 Å². The Morgan fingerprint density at radius 1 is 1.20 bits per heavy atom. The number of hydrogen-bond acceptors (Lipinski definition) is 3. The molecule has 1 N–H and O–H groups in total. The Bertz CT molecular complexity index is 478. The molecule has 0 heterocycles. The number of carbonyl (C=O) groups is 2. The Balaban J connectivity index is 1.87. The van der Waals surface area contributed by atoms with E-state index in [4.69, 9.17) is 0 Å². The lowest BCUT2D eigenvalue weighted by molar-refractivity contribution is -0.115. The number of anilines is 1. The van der Waals surface area contributed by atoms with E-state index in [1.165, 1.54) is 32.6 Å². The monoisotopic (exact) mass is 291 g/mol. The quantitative estimate of drug-likeness (QED) is 0.837. The molecule has 1 aromatic rings. The molecule has 1 amide bonds. The summed E-state index contributed by atoms with van der Waals surface area (Å²) in [5.74, 6) is 0.0745. The van der Waals surface area contributed by atoms with Gasteiger partial charge in [0.25, 0.3) is 0 Å². The van der Waals surface area contributed by atoms with Crippen molar-refractivity contribution in [3.05, 3.63) is 29.8 Å². The number of hydrogen-bond donors (Lipinski definition) is 1. The van der Waals surface area contributed by atoms with Gasteiger partial charge in [-0.25, -0.2) is 0 Å². The Labute approximate surface area is 124 Å². The van der Waals surface area contributed by atoms with Gasteiger partial charge in [-0.3, -0.25) is 9.59 Å². The van der Waals surface area contributed by atoms with Crippen LogP contribution in [0, 0.1) is 0 Å². The van der Waals surface area contributed by atoms with Crippen molar-refractivity contribution in [3.63, 3.8) is 0 Å². The minimum Gasteiger partial charge on any atom is -0.325 e. The predicted molar refractivity (Wildman–Crippen MR) is 84.4 cm³/mol. The molecule has 1 aliphatic rings. The van der Waals surface area contributed by atoms with Crippen molar-refractivity contribution in [2.45, 2.75) is 50.0 Å². The van der Waals surface area contributed by atoms with E-state index in [-0.39, 0.29) is 16.9 Å². The number of amides is 1. The normalized spacial score (nSPS) is 16.9. The van der Waals surface area contributed by atoms with Crippen molar-refractivity contribution in [2.24, 2.45) is 0 Å². The summed E-state index contributed by atoms with van der Waals surface area (Å²) in [5, 5.41) is 3.51. The highest BCUT2D eigenvalue weighted by atomic mass is 32.2. The minimum absolute atomic E-state index is 0.0352. The molecule has 0 radical (unpaired) electrons. The first-order valence-electron chi connectivity index (χ1n) is 7.13. The number of carbonyl (C=O) groups excluding carboxylic acids is 2. The van der Waals surface area contributed by atoms with E-state index in [1.807, 2.05) is 6.92 Å². The van der Waals surface area contributed by atoms with Crippen LogP contribution in [-0.4, -0.2) is 22.2 Å². The van der Waals surface area contributed by atoms with Crippen molar-refractivity contribution >= 4 is 29.1 Å². The van der Waals surface area contributed by atoms with E-state index in [0.717, 1.165) is 5.69 Å². The van der Waals surface area contributed by atoms with Gasteiger partial charge < -0.3 is 5.32 Å². The second-order valence-electron chi connectivity index (χ2n) is 5.31. The van der Waals surface area contributed by atoms with Crippen molar-refractivity contribution in [1.29, 1.82) is 0 Å². The van der Waals surface area contributed by atoms with Crippen LogP contribution in [0.2, 0.25) is 0 Å². The van der Waals surface area contributed by atoms with Gasteiger partial charge in [-0.15, -0.1) is 11.8 Å². The molecule has 2 rings (SSSR count). The van der Waals surface area contributed by atoms with Gasteiger partial charge in [-0.2, -0.15) is 0 Å². The predicted octanol–water partition coefficient (Wildman–Crippen LogP) is 3.89. The van der Waals surface area contributed by atoms with E-state index >= 15 is 0 Å². The molecule has 0 bridgehead atoms. The maximum Gasteiger partial charge on any atom is 0.237 e. The zero-order valence-corrected chi connectivity index (χ0v) is 12.8. The number of benzene rings is 1. The van der Waals surface area contributed by atoms with Crippen LogP contribution in [0.25, 0.3) is 0 Å². The lowest BCUT2D eigenvalue weighted by Crippen LogP contribution is -2.24. The molecular formula is C16H21NO2S. The van der Waals surface area contributed by atoms with E-state index < -0.39 is 0 Å². The van der Waals surface area contributed by atoms with Crippen molar-refractivity contribution in [1.82, 2.24) is 0 Å². The molecule has 1 aromatic carbocycles. The van der Waals surface area contributed by atoms with Gasteiger partial charge in [0.15, 0.2) is 5.78 Å². The average molecular weight is 291 g/mol. The summed E-state index contributed by atoms with van der Waals surface area (Å²) >= 11 is 1.78. The highest BCUT2D eigenvalue weighted by Gasteiger charge is 2.22. The second kappa shape index (κ2) is 6.93. The van der Waals surface area contributed by atoms with Gasteiger partial charge in [-0.1, -0.05) is 12.8 Å². The highest BCUT2D eigenvalue weighted by molar-refractivity contribution is 8.01. The second-order valence-corrected chi connectivity index (χ2v) is 6.95. The van der Waals surface area contributed by atoms with Gasteiger partial charge in [0.1, 0.15) is 0 Å². The molecule has 108 valence electrons. The van der Waals surface area contributed by atoms with Crippen molar-refractivity contribution in [2.75, 3.05) is 5.32 Å². The average Bonchev–Trinajstić information content (AvgIpc) is 2.92. The molecule has 20 heavy (non-hydrogen) atoms. The Morgan fingerprint density at radius 3 is 2.35 bits per heavy atom. The maximum atomic E-state index is 12.1. The smallest absolute Gasteiger partial charge is 0.237 e. The molecule has 1 fully saturated rings. The number of ketones is 1. The minimum atomic E-state index is -0.0365. The molecule has 0 saturated heterocycles. The number of rotatable bonds is 5. The third-order valence-electron chi connectivity index (χ3n) is 3.63. The highest BCUT2D eigenvalue weighted by Crippen LogP contribution is 2.32. The largest absolute Gasteiger partial charge is 0.325 e. The lowest BCUT2D eigenvalue weighted by atomic mass is 10.1. The molecule has 1 saturated carbocycles. The molecule has 4 heteroatoms. The first kappa shape index (κ1) is 15.1. The van der Waals surface area contributed by atoms with Crippen LogP contribution in [-0.2, 0) is 4.79 Å². The summed E-state index contributed by atoms with van der Waals surface area (Å²) in [7, 11) is 0. The first-order valence-corrected chi connectivity index (χ1v) is 8.08. The molecular weight excluding hydrogens is 270 g/mol. The Kier molecular flexibility index (Phi) is 5.24. The summed E-state index contributed by atoms with van der Waals surface area (Å²) in [4.78, 5) is 23.3. The van der Waals surface area contributed by atoms with E-state index in [0.29, 0.717) is 10.8 Å². The molecule has 0 unspecified atom stereocenters.